The molecule has 0 saturated heterocycles. The van der Waals surface area contributed by atoms with Crippen LogP contribution in [0.5, 0.6) is 0 Å². The number of carbonyl (C=O) groups is 3. The van der Waals surface area contributed by atoms with Crippen LogP contribution in [-0.4, -0.2) is 44.9 Å². The second-order valence-corrected chi connectivity index (χ2v) is 9.58. The van der Waals surface area contributed by atoms with Crippen molar-refractivity contribution in [2.24, 2.45) is 5.73 Å². The van der Waals surface area contributed by atoms with Crippen LogP contribution in [0.2, 0.25) is 0 Å². The molecule has 0 bridgehead atoms. The molecule has 1 saturated carbocycles. The maximum Gasteiger partial charge on any atom is 0.341 e. The molecule has 9 nitrogen and oxygen atoms in total. The fraction of sp³-hybridized carbons (Fsp3) is 0.348. The van der Waals surface area contributed by atoms with Gasteiger partial charge < -0.3 is 20.4 Å². The lowest BCUT2D eigenvalue weighted by Crippen LogP contribution is -2.18. The van der Waals surface area contributed by atoms with Gasteiger partial charge in [-0.3, -0.25) is 9.59 Å². The number of nitrogens with two attached hydrogens (primary N) is 1. The highest BCUT2D eigenvalue weighted by atomic mass is 32.2. The summed E-state index contributed by atoms with van der Waals surface area (Å²) in [4.78, 5) is 36.8. The van der Waals surface area contributed by atoms with E-state index in [2.05, 4.69) is 15.5 Å². The van der Waals surface area contributed by atoms with Crippen molar-refractivity contribution < 1.29 is 19.1 Å². The standard InChI is InChI=1S/C23H25N5O4S2/c1-2-32-22(31)19-16(14-6-4-3-5-7-14)12-33-21(19)25-18(30)13-34-23-27-26-20(15-8-9-15)28(23)11-10-17(24)29/h3-7,12,15H,2,8-11,13H2,1H3,(H2,24,29)(H,25,30). The Morgan fingerprint density at radius 3 is 2.68 bits per heavy atom. The molecule has 1 aliphatic rings. The molecule has 1 aliphatic carbocycles. The van der Waals surface area contributed by atoms with Gasteiger partial charge in [0.1, 0.15) is 16.4 Å². The smallest absolute Gasteiger partial charge is 0.341 e. The van der Waals surface area contributed by atoms with E-state index in [-0.39, 0.29) is 24.7 Å². The van der Waals surface area contributed by atoms with E-state index in [1.165, 1.54) is 23.1 Å². The molecule has 2 amide bonds. The number of ether oxygens (including phenoxy) is 1. The topological polar surface area (TPSA) is 129 Å². The number of esters is 1. The van der Waals surface area contributed by atoms with Crippen LogP contribution in [0.4, 0.5) is 5.00 Å². The quantitative estimate of drug-likeness (QED) is 0.304. The maximum atomic E-state index is 12.8. The van der Waals surface area contributed by atoms with Crippen LogP contribution in [0.15, 0.2) is 40.9 Å². The van der Waals surface area contributed by atoms with E-state index >= 15 is 0 Å². The molecule has 0 aliphatic heterocycles. The number of primary amides is 1. The summed E-state index contributed by atoms with van der Waals surface area (Å²) in [6.07, 6.45) is 2.26. The summed E-state index contributed by atoms with van der Waals surface area (Å²) in [7, 11) is 0. The predicted octanol–water partition coefficient (Wildman–Crippen LogP) is 3.67. The summed E-state index contributed by atoms with van der Waals surface area (Å²) >= 11 is 2.51. The summed E-state index contributed by atoms with van der Waals surface area (Å²) in [6, 6.07) is 9.49. The van der Waals surface area contributed by atoms with E-state index in [9.17, 15) is 14.4 Å². The Morgan fingerprint density at radius 2 is 2.00 bits per heavy atom. The number of nitrogens with one attached hydrogen (secondary N) is 1. The number of thioether (sulfide) groups is 1. The number of carbonyl (C=O) groups excluding carboxylic acids is 3. The van der Waals surface area contributed by atoms with Crippen LogP contribution in [0, 0.1) is 0 Å². The van der Waals surface area contributed by atoms with Crippen LogP contribution in [0.25, 0.3) is 11.1 Å². The summed E-state index contributed by atoms with van der Waals surface area (Å²) in [5.74, 6) is 0.0840. The number of hydrogen-bond donors (Lipinski definition) is 2. The van der Waals surface area contributed by atoms with Gasteiger partial charge in [-0.15, -0.1) is 21.5 Å². The lowest BCUT2D eigenvalue weighted by atomic mass is 10.0. The zero-order valence-electron chi connectivity index (χ0n) is 18.7. The Balaban J connectivity index is 1.48. The van der Waals surface area contributed by atoms with Crippen molar-refractivity contribution in [3.63, 3.8) is 0 Å². The number of benzene rings is 1. The molecule has 3 N–H and O–H groups in total. The number of amides is 2. The van der Waals surface area contributed by atoms with Crippen molar-refractivity contribution >= 4 is 45.9 Å². The monoisotopic (exact) mass is 499 g/mol. The van der Waals surface area contributed by atoms with Crippen molar-refractivity contribution in [2.75, 3.05) is 17.7 Å². The van der Waals surface area contributed by atoms with Gasteiger partial charge in [0.05, 0.1) is 12.4 Å². The molecule has 4 rings (SSSR count). The van der Waals surface area contributed by atoms with Gasteiger partial charge in [-0.25, -0.2) is 4.79 Å². The minimum atomic E-state index is -0.481. The van der Waals surface area contributed by atoms with Gasteiger partial charge in [0.2, 0.25) is 11.8 Å². The molecule has 2 aromatic heterocycles. The van der Waals surface area contributed by atoms with Crippen LogP contribution >= 0.6 is 23.1 Å². The molecule has 1 fully saturated rings. The van der Waals surface area contributed by atoms with E-state index in [1.807, 2.05) is 40.3 Å². The minimum Gasteiger partial charge on any atom is -0.462 e. The number of anilines is 1. The first kappa shape index (κ1) is 24.0. The summed E-state index contributed by atoms with van der Waals surface area (Å²) in [5, 5.41) is 14.2. The van der Waals surface area contributed by atoms with E-state index in [4.69, 9.17) is 10.5 Å². The molecule has 178 valence electrons. The Hall–Kier alpha value is -3.18. The van der Waals surface area contributed by atoms with Gasteiger partial charge in [0, 0.05) is 29.8 Å². The largest absolute Gasteiger partial charge is 0.462 e. The second kappa shape index (κ2) is 10.8. The highest BCUT2D eigenvalue weighted by molar-refractivity contribution is 7.99. The zero-order valence-corrected chi connectivity index (χ0v) is 20.3. The van der Waals surface area contributed by atoms with Crippen LogP contribution in [-0.2, 0) is 20.9 Å². The third kappa shape index (κ3) is 5.65. The van der Waals surface area contributed by atoms with Gasteiger partial charge in [-0.2, -0.15) is 0 Å². The Bertz CT molecular complexity index is 1190. The molecule has 0 radical (unpaired) electrons. The SMILES string of the molecule is CCOC(=O)c1c(-c2ccccc2)csc1NC(=O)CSc1nnc(C2CC2)n1CCC(N)=O. The fourth-order valence-corrected chi connectivity index (χ4v) is 5.21. The Kier molecular flexibility index (Phi) is 7.63. The van der Waals surface area contributed by atoms with Gasteiger partial charge in [0.15, 0.2) is 5.16 Å². The molecule has 0 spiro atoms. The normalized spacial score (nSPS) is 13.0. The van der Waals surface area contributed by atoms with Gasteiger partial charge >= 0.3 is 5.97 Å². The van der Waals surface area contributed by atoms with Crippen molar-refractivity contribution in [3.8, 4) is 11.1 Å². The number of thiophene rings is 1. The highest BCUT2D eigenvalue weighted by Crippen LogP contribution is 2.40. The second-order valence-electron chi connectivity index (χ2n) is 7.76. The van der Waals surface area contributed by atoms with Gasteiger partial charge in [0.25, 0.3) is 0 Å². The minimum absolute atomic E-state index is 0.0696. The third-order valence-corrected chi connectivity index (χ3v) is 7.07. The predicted molar refractivity (Wildman–Crippen MR) is 131 cm³/mol. The average Bonchev–Trinajstić information content (AvgIpc) is 3.45. The molecule has 3 aromatic rings. The molecular formula is C23H25N5O4S2. The number of nitrogens with zero attached hydrogens (tertiary/aromatic N) is 3. The lowest BCUT2D eigenvalue weighted by Gasteiger charge is -2.10. The van der Waals surface area contributed by atoms with Crippen LogP contribution < -0.4 is 11.1 Å². The highest BCUT2D eigenvalue weighted by Gasteiger charge is 2.30. The third-order valence-electron chi connectivity index (χ3n) is 5.21. The van der Waals surface area contributed by atoms with Crippen molar-refractivity contribution in [2.45, 2.75) is 43.8 Å². The number of hydrogen-bond acceptors (Lipinski definition) is 8. The first-order chi connectivity index (χ1) is 16.5. The van der Waals surface area contributed by atoms with E-state index < -0.39 is 11.9 Å². The van der Waals surface area contributed by atoms with Gasteiger partial charge in [-0.1, -0.05) is 42.1 Å². The van der Waals surface area contributed by atoms with Crippen molar-refractivity contribution in [3.05, 3.63) is 47.1 Å². The molecular weight excluding hydrogens is 474 g/mol. The summed E-state index contributed by atoms with van der Waals surface area (Å²) in [5.41, 5.74) is 7.24. The number of aromatic nitrogens is 3. The molecule has 2 heterocycles. The van der Waals surface area contributed by atoms with Crippen molar-refractivity contribution in [1.82, 2.24) is 14.8 Å². The van der Waals surface area contributed by atoms with Crippen molar-refractivity contribution in [1.29, 1.82) is 0 Å². The van der Waals surface area contributed by atoms with Gasteiger partial charge in [-0.05, 0) is 25.3 Å². The average molecular weight is 500 g/mol. The Labute approximate surface area is 205 Å². The summed E-state index contributed by atoms with van der Waals surface area (Å²) < 4.78 is 7.12. The maximum absolute atomic E-state index is 12.8. The molecule has 0 unspecified atom stereocenters. The zero-order chi connectivity index (χ0) is 24.1. The molecule has 1 aromatic carbocycles. The van der Waals surface area contributed by atoms with E-state index in [1.54, 1.807) is 6.92 Å². The molecule has 34 heavy (non-hydrogen) atoms. The Morgan fingerprint density at radius 1 is 1.24 bits per heavy atom. The first-order valence-corrected chi connectivity index (χ1v) is 12.8. The van der Waals surface area contributed by atoms with E-state index in [0.717, 1.165) is 24.2 Å². The van der Waals surface area contributed by atoms with Crippen LogP contribution in [0.3, 0.4) is 0 Å². The first-order valence-electron chi connectivity index (χ1n) is 11.0. The van der Waals surface area contributed by atoms with Crippen LogP contribution in [0.1, 0.15) is 48.3 Å². The number of rotatable bonds is 11. The molecule has 11 heteroatoms. The van der Waals surface area contributed by atoms with E-state index in [0.29, 0.717) is 33.7 Å². The lowest BCUT2D eigenvalue weighted by molar-refractivity contribution is -0.118. The molecule has 0 atom stereocenters. The fourth-order valence-electron chi connectivity index (χ4n) is 3.46. The summed E-state index contributed by atoms with van der Waals surface area (Å²) in [6.45, 7) is 2.36.